The van der Waals surface area contributed by atoms with Gasteiger partial charge in [0.2, 0.25) is 0 Å². The van der Waals surface area contributed by atoms with E-state index in [1.54, 1.807) is 6.92 Å². The molecule has 0 bridgehead atoms. The topological polar surface area (TPSA) is 34.1 Å². The van der Waals surface area contributed by atoms with Crippen molar-refractivity contribution in [2.24, 2.45) is 0 Å². The van der Waals surface area contributed by atoms with Crippen LogP contribution < -0.4 is 0 Å². The van der Waals surface area contributed by atoms with Gasteiger partial charge in [0, 0.05) is 23.9 Å². The Balaban J connectivity index is 4.71. The van der Waals surface area contributed by atoms with Gasteiger partial charge in [0.05, 0.1) is 7.14 Å². The zero-order chi connectivity index (χ0) is 16.4. The monoisotopic (exact) mass is 316 g/mol. The predicted octanol–water partition coefficient (Wildman–Crippen LogP) is 6.27. The van der Waals surface area contributed by atoms with Crippen molar-refractivity contribution < 1.29 is 9.36 Å². The van der Waals surface area contributed by atoms with Crippen molar-refractivity contribution in [1.82, 2.24) is 0 Å². The van der Waals surface area contributed by atoms with Gasteiger partial charge in [-0.3, -0.25) is 4.79 Å². The van der Waals surface area contributed by atoms with Crippen LogP contribution in [0.3, 0.4) is 0 Å². The van der Waals surface area contributed by atoms with Crippen molar-refractivity contribution in [3.63, 3.8) is 0 Å². The molecule has 0 atom stereocenters. The summed E-state index contributed by atoms with van der Waals surface area (Å²) in [7, 11) is -2.28. The molecule has 0 N–H and O–H groups in total. The second-order valence-electron chi connectivity index (χ2n) is 7.15. The number of hydrogen-bond donors (Lipinski definition) is 0. The lowest BCUT2D eigenvalue weighted by molar-refractivity contribution is -0.117. The van der Waals surface area contributed by atoms with Crippen LogP contribution in [0.2, 0.25) is 0 Å². The lowest BCUT2D eigenvalue weighted by Gasteiger charge is -2.34. The summed E-state index contributed by atoms with van der Waals surface area (Å²) in [5.41, 5.74) is 0. The molecule has 0 aliphatic rings. The highest BCUT2D eigenvalue weighted by Crippen LogP contribution is 2.60. The van der Waals surface area contributed by atoms with Crippen LogP contribution in [0, 0.1) is 0 Å². The van der Waals surface area contributed by atoms with Crippen molar-refractivity contribution in [3.8, 4) is 0 Å². The molecule has 0 amide bonds. The number of hydrogen-bond acceptors (Lipinski definition) is 2. The first-order valence-corrected chi connectivity index (χ1v) is 10.9. The molecule has 0 aromatic heterocycles. The summed E-state index contributed by atoms with van der Waals surface area (Å²) in [6, 6.07) is 0. The first-order valence-electron chi connectivity index (χ1n) is 8.86. The van der Waals surface area contributed by atoms with E-state index in [4.69, 9.17) is 0 Å². The fourth-order valence-corrected chi connectivity index (χ4v) is 6.47. The molecule has 3 heteroatoms. The van der Waals surface area contributed by atoms with Crippen LogP contribution in [0.4, 0.5) is 0 Å². The Morgan fingerprint density at radius 3 is 1.62 bits per heavy atom. The predicted molar refractivity (Wildman–Crippen MR) is 95.0 cm³/mol. The van der Waals surface area contributed by atoms with E-state index >= 15 is 0 Å². The van der Waals surface area contributed by atoms with E-state index in [9.17, 15) is 9.36 Å². The van der Waals surface area contributed by atoms with E-state index in [0.717, 1.165) is 25.2 Å². The van der Waals surface area contributed by atoms with E-state index in [1.165, 1.54) is 38.5 Å². The Kier molecular flexibility index (Phi) is 10.5. The minimum absolute atomic E-state index is 0.169. The number of rotatable bonds is 13. The molecule has 0 spiro atoms. The van der Waals surface area contributed by atoms with Gasteiger partial charge in [-0.1, -0.05) is 66.2 Å². The average Bonchev–Trinajstić information content (AvgIpc) is 2.38. The van der Waals surface area contributed by atoms with Crippen LogP contribution in [0.15, 0.2) is 0 Å². The molecule has 0 aliphatic carbocycles. The van der Waals surface area contributed by atoms with E-state index in [1.807, 2.05) is 0 Å². The van der Waals surface area contributed by atoms with Crippen LogP contribution >= 0.6 is 7.14 Å². The van der Waals surface area contributed by atoms with Crippen molar-refractivity contribution in [1.29, 1.82) is 0 Å². The zero-order valence-electron chi connectivity index (χ0n) is 15.0. The van der Waals surface area contributed by atoms with Crippen molar-refractivity contribution in [3.05, 3.63) is 0 Å². The smallest absolute Gasteiger partial charge is 0.130 e. The highest BCUT2D eigenvalue weighted by molar-refractivity contribution is 7.65. The fraction of sp³-hybridized carbons (Fsp3) is 0.944. The van der Waals surface area contributed by atoms with Crippen molar-refractivity contribution in [2.45, 2.75) is 97.6 Å². The van der Waals surface area contributed by atoms with E-state index in [0.29, 0.717) is 6.42 Å². The minimum atomic E-state index is -2.28. The molecular weight excluding hydrogens is 279 g/mol. The van der Waals surface area contributed by atoms with Gasteiger partial charge in [0.25, 0.3) is 0 Å². The van der Waals surface area contributed by atoms with Crippen LogP contribution in [0.1, 0.15) is 92.4 Å². The van der Waals surface area contributed by atoms with Gasteiger partial charge < -0.3 is 4.57 Å². The lowest BCUT2D eigenvalue weighted by atomic mass is 10.1. The van der Waals surface area contributed by atoms with Gasteiger partial charge in [-0.15, -0.1) is 0 Å². The second-order valence-corrected chi connectivity index (χ2v) is 11.0. The van der Waals surface area contributed by atoms with Crippen molar-refractivity contribution in [2.75, 3.05) is 12.3 Å². The third-order valence-corrected chi connectivity index (χ3v) is 8.97. The van der Waals surface area contributed by atoms with Gasteiger partial charge in [-0.2, -0.15) is 0 Å². The number of ketones is 1. The van der Waals surface area contributed by atoms with Gasteiger partial charge >= 0.3 is 0 Å². The van der Waals surface area contributed by atoms with Crippen molar-refractivity contribution >= 4 is 12.9 Å². The summed E-state index contributed by atoms with van der Waals surface area (Å²) >= 11 is 0. The number of carbonyl (C=O) groups is 1. The Morgan fingerprint density at radius 1 is 0.857 bits per heavy atom. The zero-order valence-corrected chi connectivity index (χ0v) is 15.9. The molecule has 21 heavy (non-hydrogen) atoms. The molecule has 0 fully saturated rings. The van der Waals surface area contributed by atoms with Crippen LogP contribution in [-0.2, 0) is 9.36 Å². The molecule has 0 radical (unpaired) electrons. The minimum Gasteiger partial charge on any atom is -0.323 e. The van der Waals surface area contributed by atoms with Crippen LogP contribution in [0.25, 0.3) is 0 Å². The van der Waals surface area contributed by atoms with Gasteiger partial charge in [0.15, 0.2) is 0 Å². The number of Topliss-reactive ketones (excluding diaryl/α,β-unsaturated/α-hetero) is 1. The molecule has 126 valence electrons. The Labute approximate surface area is 132 Å². The molecule has 0 heterocycles. The Hall–Kier alpha value is -0.100. The molecule has 0 aliphatic heterocycles. The van der Waals surface area contributed by atoms with Gasteiger partial charge in [-0.05, 0) is 19.8 Å². The van der Waals surface area contributed by atoms with E-state index in [2.05, 4.69) is 27.7 Å². The molecule has 0 unspecified atom stereocenters. The number of unbranched alkanes of at least 4 members (excludes halogenated alkanes) is 6. The van der Waals surface area contributed by atoms with E-state index in [-0.39, 0.29) is 10.9 Å². The highest BCUT2D eigenvalue weighted by Gasteiger charge is 2.39. The quantitative estimate of drug-likeness (QED) is 0.296. The third kappa shape index (κ3) is 8.19. The molecule has 0 aromatic rings. The van der Waals surface area contributed by atoms with Crippen LogP contribution in [-0.4, -0.2) is 23.3 Å². The summed E-state index contributed by atoms with van der Waals surface area (Å²) in [4.78, 5) is 11.5. The van der Waals surface area contributed by atoms with Crippen LogP contribution in [0.5, 0.6) is 0 Å². The number of carbonyl (C=O) groups excluding carboxylic acids is 1. The van der Waals surface area contributed by atoms with Gasteiger partial charge in [0.1, 0.15) is 5.78 Å². The fourth-order valence-electron chi connectivity index (χ4n) is 3.06. The first kappa shape index (κ1) is 20.9. The Morgan fingerprint density at radius 2 is 1.29 bits per heavy atom. The summed E-state index contributed by atoms with van der Waals surface area (Å²) in [5, 5.41) is -0.322. The third-order valence-electron chi connectivity index (χ3n) is 4.53. The lowest BCUT2D eigenvalue weighted by Crippen LogP contribution is -2.26. The highest BCUT2D eigenvalue weighted by atomic mass is 31.2. The van der Waals surface area contributed by atoms with Gasteiger partial charge in [-0.25, -0.2) is 0 Å². The molecule has 0 rings (SSSR count). The largest absolute Gasteiger partial charge is 0.323 e. The first-order chi connectivity index (χ1) is 9.79. The molecule has 0 saturated carbocycles. The summed E-state index contributed by atoms with van der Waals surface area (Å²) in [5.74, 6) is 0.169. The van der Waals surface area contributed by atoms with E-state index < -0.39 is 7.14 Å². The summed E-state index contributed by atoms with van der Waals surface area (Å²) in [6.45, 7) is 10.1. The average molecular weight is 316 g/mol. The summed E-state index contributed by atoms with van der Waals surface area (Å²) < 4.78 is 13.5. The molecule has 0 saturated heterocycles. The Bertz CT molecular complexity index is 318. The standard InChI is InChI=1S/C18H37O2P/c1-6-8-10-12-14-21(20,15-13-11-9-7-2)18(4,5)16-17(3)19/h6-16H2,1-5H3. The molecule has 2 nitrogen and oxygen atoms in total. The maximum atomic E-state index is 13.5. The maximum absolute atomic E-state index is 13.5. The summed E-state index contributed by atoms with van der Waals surface area (Å²) in [6.07, 6.45) is 11.4. The molecule has 0 aromatic carbocycles. The normalized spacial score (nSPS) is 12.6. The molecular formula is C18H37O2P. The maximum Gasteiger partial charge on any atom is 0.130 e. The second kappa shape index (κ2) is 10.6. The SMILES string of the molecule is CCCCCCP(=O)(CCCCCC)C(C)(C)CC(C)=O.